The quantitative estimate of drug-likeness (QED) is 0.201. The Morgan fingerprint density at radius 1 is 0.810 bits per heavy atom. The van der Waals surface area contributed by atoms with Crippen molar-refractivity contribution in [1.82, 2.24) is 38.7 Å². The molecule has 6 aromatic rings. The molecular weight excluding hydrogens is 664 g/mol. The Hall–Kier alpha value is -3.90. The molecule has 4 aromatic heterocycles. The van der Waals surface area contributed by atoms with Crippen LogP contribution in [0.4, 0.5) is 0 Å². The van der Waals surface area contributed by atoms with Gasteiger partial charge in [0.15, 0.2) is 11.3 Å². The van der Waals surface area contributed by atoms with Crippen molar-refractivity contribution < 1.29 is 0 Å². The number of hydrogen-bond acceptors (Lipinski definition) is 6. The van der Waals surface area contributed by atoms with Gasteiger partial charge in [-0.1, -0.05) is 74.1 Å². The third-order valence-electron chi connectivity index (χ3n) is 6.38. The molecule has 2 aromatic carbocycles. The predicted octanol–water partition coefficient (Wildman–Crippen LogP) is 6.29. The van der Waals surface area contributed by atoms with Crippen LogP contribution in [0.5, 0.6) is 0 Å². The van der Waals surface area contributed by atoms with Gasteiger partial charge in [0, 0.05) is 20.5 Å². The molecule has 0 aliphatic heterocycles. The summed E-state index contributed by atoms with van der Waals surface area (Å²) in [5, 5.41) is 9.37. The van der Waals surface area contributed by atoms with E-state index < -0.39 is 0 Å². The van der Waals surface area contributed by atoms with E-state index in [1.807, 2.05) is 74.5 Å². The van der Waals surface area contributed by atoms with Gasteiger partial charge < -0.3 is 0 Å². The summed E-state index contributed by atoms with van der Waals surface area (Å²) in [6, 6.07) is 19.0. The highest BCUT2D eigenvalue weighted by molar-refractivity contribution is 9.10. The smallest absolute Gasteiger partial charge is 0.268 e. The molecule has 4 heterocycles. The molecule has 0 bridgehead atoms. The lowest BCUT2D eigenvalue weighted by molar-refractivity contribution is 0.762. The number of nitrogens with zero attached hydrogens (tertiary/aromatic N) is 8. The third-order valence-corrected chi connectivity index (χ3v) is 7.34. The molecular formula is C30H34Br2N8O2. The van der Waals surface area contributed by atoms with E-state index in [1.165, 1.54) is 0 Å². The number of alkyl halides is 1. The van der Waals surface area contributed by atoms with Crippen molar-refractivity contribution in [1.29, 1.82) is 0 Å². The standard InChI is InChI=1S/C14H12Br2N4O.C14H14N4O.2CH4/c1-8(15)12-17-13-10(11(16)18-19(13)2)14(21)20(12)9-6-4-3-5-7-9;1-3-12-16-13-11(9-15-17(13)2)14(19)18(12)10-7-5-4-6-8-10;;/h3-8H,1-2H3;4-9H,3H2,1-2H3;2*1H4. The summed E-state index contributed by atoms with van der Waals surface area (Å²) >= 11 is 6.86. The Balaban J connectivity index is 0.000000221. The topological polar surface area (TPSA) is 105 Å². The largest absolute Gasteiger partial charge is 0.270 e. The molecule has 0 aliphatic carbocycles. The Morgan fingerprint density at radius 2 is 1.38 bits per heavy atom. The summed E-state index contributed by atoms with van der Waals surface area (Å²) < 4.78 is 7.02. The summed E-state index contributed by atoms with van der Waals surface area (Å²) in [4.78, 5) is 34.6. The molecule has 0 radical (unpaired) electrons. The monoisotopic (exact) mass is 696 g/mol. The molecule has 0 saturated carbocycles. The lowest BCUT2D eigenvalue weighted by atomic mass is 10.3. The van der Waals surface area contributed by atoms with Gasteiger partial charge in [-0.3, -0.25) is 23.4 Å². The molecule has 12 heteroatoms. The molecule has 1 unspecified atom stereocenters. The summed E-state index contributed by atoms with van der Waals surface area (Å²) in [7, 11) is 3.57. The highest BCUT2D eigenvalue weighted by Crippen LogP contribution is 2.25. The van der Waals surface area contributed by atoms with Crippen molar-refractivity contribution >= 4 is 53.9 Å². The number of fused-ring (bicyclic) bond motifs is 2. The fourth-order valence-electron chi connectivity index (χ4n) is 4.47. The molecule has 220 valence electrons. The molecule has 0 amide bonds. The fourth-order valence-corrected chi connectivity index (χ4v) is 5.36. The van der Waals surface area contributed by atoms with Crippen LogP contribution in [0.15, 0.2) is 81.1 Å². The first kappa shape index (κ1) is 32.6. The first-order chi connectivity index (χ1) is 19.2. The minimum Gasteiger partial charge on any atom is -0.268 e. The Labute approximate surface area is 260 Å². The minimum absolute atomic E-state index is 0. The van der Waals surface area contributed by atoms with E-state index in [0.717, 1.165) is 17.2 Å². The SMILES string of the molecule is C.C.CC(Br)c1nc2c(c(Br)nn2C)c(=O)n1-c1ccccc1.CCc1nc2c(cnn2C)c(=O)n1-c1ccccc1. The summed E-state index contributed by atoms with van der Waals surface area (Å²) in [5.74, 6) is 1.39. The van der Waals surface area contributed by atoms with Crippen LogP contribution in [0, 0.1) is 0 Å². The zero-order chi connectivity index (χ0) is 28.6. The van der Waals surface area contributed by atoms with Crippen LogP contribution in [-0.4, -0.2) is 38.7 Å². The van der Waals surface area contributed by atoms with E-state index in [4.69, 9.17) is 0 Å². The second-order valence-electron chi connectivity index (χ2n) is 9.04. The third kappa shape index (κ3) is 5.86. The van der Waals surface area contributed by atoms with Gasteiger partial charge in [0.2, 0.25) is 0 Å². The van der Waals surface area contributed by atoms with Gasteiger partial charge in [-0.2, -0.15) is 10.2 Å². The van der Waals surface area contributed by atoms with Crippen LogP contribution in [0.3, 0.4) is 0 Å². The van der Waals surface area contributed by atoms with Gasteiger partial charge >= 0.3 is 0 Å². The van der Waals surface area contributed by atoms with Gasteiger partial charge in [-0.25, -0.2) is 14.6 Å². The molecule has 0 spiro atoms. The molecule has 10 nitrogen and oxygen atoms in total. The number of aryl methyl sites for hydroxylation is 3. The van der Waals surface area contributed by atoms with E-state index in [-0.39, 0.29) is 30.8 Å². The molecule has 6 rings (SSSR count). The summed E-state index contributed by atoms with van der Waals surface area (Å²) in [5.41, 5.74) is 2.62. The van der Waals surface area contributed by atoms with Gasteiger partial charge in [-0.15, -0.1) is 0 Å². The Morgan fingerprint density at radius 3 is 1.93 bits per heavy atom. The highest BCUT2D eigenvalue weighted by Gasteiger charge is 2.20. The lowest BCUT2D eigenvalue weighted by Gasteiger charge is -2.14. The normalized spacial score (nSPS) is 11.4. The number of rotatable bonds is 4. The maximum absolute atomic E-state index is 12.9. The highest BCUT2D eigenvalue weighted by atomic mass is 79.9. The Kier molecular flexibility index (Phi) is 10.4. The first-order valence-electron chi connectivity index (χ1n) is 12.6. The van der Waals surface area contributed by atoms with E-state index in [9.17, 15) is 9.59 Å². The van der Waals surface area contributed by atoms with Crippen molar-refractivity contribution in [3.05, 3.63) is 104 Å². The minimum atomic E-state index is -0.132. The molecule has 0 aliphatic rings. The number of aromatic nitrogens is 8. The van der Waals surface area contributed by atoms with E-state index >= 15 is 0 Å². The predicted molar refractivity (Wildman–Crippen MR) is 176 cm³/mol. The van der Waals surface area contributed by atoms with Crippen molar-refractivity contribution in [3.8, 4) is 11.4 Å². The summed E-state index contributed by atoms with van der Waals surface area (Å²) in [6.45, 7) is 3.93. The van der Waals surface area contributed by atoms with Crippen LogP contribution in [0.25, 0.3) is 33.4 Å². The van der Waals surface area contributed by atoms with Crippen molar-refractivity contribution in [2.75, 3.05) is 0 Å². The molecule has 0 N–H and O–H groups in total. The summed E-state index contributed by atoms with van der Waals surface area (Å²) in [6.07, 6.45) is 2.26. The molecule has 1 atom stereocenters. The van der Waals surface area contributed by atoms with Crippen molar-refractivity contribution in [2.45, 2.75) is 39.9 Å². The average Bonchev–Trinajstić information content (AvgIpc) is 3.47. The van der Waals surface area contributed by atoms with Crippen LogP contribution in [0.1, 0.15) is 45.2 Å². The van der Waals surface area contributed by atoms with Gasteiger partial charge in [0.25, 0.3) is 11.1 Å². The van der Waals surface area contributed by atoms with Gasteiger partial charge in [0.1, 0.15) is 27.0 Å². The Bertz CT molecular complexity index is 1940. The lowest BCUT2D eigenvalue weighted by Crippen LogP contribution is -2.24. The number of para-hydroxylation sites is 2. The maximum atomic E-state index is 12.9. The van der Waals surface area contributed by atoms with Gasteiger partial charge in [0.05, 0.1) is 22.4 Å². The first-order valence-corrected chi connectivity index (χ1v) is 14.3. The zero-order valence-corrected chi connectivity index (χ0v) is 25.5. The number of benzene rings is 2. The second-order valence-corrected chi connectivity index (χ2v) is 11.2. The van der Waals surface area contributed by atoms with E-state index in [0.29, 0.717) is 38.9 Å². The van der Waals surface area contributed by atoms with Gasteiger partial charge in [-0.05, 0) is 47.1 Å². The van der Waals surface area contributed by atoms with E-state index in [2.05, 4.69) is 52.0 Å². The molecule has 0 saturated heterocycles. The van der Waals surface area contributed by atoms with Crippen molar-refractivity contribution in [2.24, 2.45) is 14.1 Å². The van der Waals surface area contributed by atoms with Crippen LogP contribution in [0.2, 0.25) is 0 Å². The maximum Gasteiger partial charge on any atom is 0.270 e. The average molecular weight is 698 g/mol. The zero-order valence-electron chi connectivity index (χ0n) is 22.3. The van der Waals surface area contributed by atoms with E-state index in [1.54, 1.807) is 38.8 Å². The second kappa shape index (κ2) is 13.4. The number of hydrogen-bond donors (Lipinski definition) is 0. The van der Waals surface area contributed by atoms with Crippen molar-refractivity contribution in [3.63, 3.8) is 0 Å². The number of halogens is 2. The van der Waals surface area contributed by atoms with Crippen LogP contribution in [-0.2, 0) is 20.5 Å². The van der Waals surface area contributed by atoms with Crippen LogP contribution >= 0.6 is 31.9 Å². The van der Waals surface area contributed by atoms with Crippen LogP contribution < -0.4 is 11.1 Å². The fraction of sp³-hybridized carbons (Fsp3) is 0.267. The molecule has 42 heavy (non-hydrogen) atoms. The molecule has 0 fully saturated rings.